The maximum atomic E-state index is 5.45. The van der Waals surface area contributed by atoms with Gasteiger partial charge in [-0.05, 0) is 30.2 Å². The van der Waals surface area contributed by atoms with Crippen molar-refractivity contribution in [1.29, 1.82) is 0 Å². The molecule has 0 bridgehead atoms. The molecule has 0 radical (unpaired) electrons. The first kappa shape index (κ1) is 17.0. The molecule has 1 aromatic heterocycles. The highest BCUT2D eigenvalue weighted by Crippen LogP contribution is 2.30. The Kier molecular flexibility index (Phi) is 5.14. The van der Waals surface area contributed by atoms with Crippen LogP contribution in [0.2, 0.25) is 0 Å². The molecule has 134 valence electrons. The van der Waals surface area contributed by atoms with Crippen LogP contribution in [0.3, 0.4) is 0 Å². The van der Waals surface area contributed by atoms with Crippen molar-refractivity contribution in [3.8, 4) is 11.1 Å². The van der Waals surface area contributed by atoms with E-state index in [1.807, 2.05) is 6.07 Å². The summed E-state index contributed by atoms with van der Waals surface area (Å²) in [5.41, 5.74) is 3.46. The zero-order chi connectivity index (χ0) is 17.8. The Morgan fingerprint density at radius 2 is 1.77 bits per heavy atom. The van der Waals surface area contributed by atoms with Crippen LogP contribution in [0.4, 0.5) is 5.82 Å². The molecule has 0 amide bonds. The molecule has 1 N–H and O–H groups in total. The van der Waals surface area contributed by atoms with E-state index in [1.54, 1.807) is 0 Å². The molecular formula is C22H25N3O. The summed E-state index contributed by atoms with van der Waals surface area (Å²) >= 11 is 0. The Balaban J connectivity index is 1.59. The van der Waals surface area contributed by atoms with Crippen molar-refractivity contribution in [3.63, 3.8) is 0 Å². The molecule has 0 spiro atoms. The molecule has 26 heavy (non-hydrogen) atoms. The summed E-state index contributed by atoms with van der Waals surface area (Å²) < 4.78 is 5.45. The lowest BCUT2D eigenvalue weighted by molar-refractivity contribution is 0.0227. The van der Waals surface area contributed by atoms with Gasteiger partial charge in [0.15, 0.2) is 0 Å². The normalized spacial score (nSPS) is 16.5. The van der Waals surface area contributed by atoms with Gasteiger partial charge in [0, 0.05) is 31.1 Å². The number of aromatic nitrogens is 1. The molecule has 1 saturated heterocycles. The van der Waals surface area contributed by atoms with Crippen LogP contribution in [-0.4, -0.2) is 48.8 Å². The molecule has 4 nitrogen and oxygen atoms in total. The van der Waals surface area contributed by atoms with Crippen molar-refractivity contribution in [1.82, 2.24) is 9.88 Å². The minimum Gasteiger partial charge on any atom is -0.379 e. The van der Waals surface area contributed by atoms with E-state index >= 15 is 0 Å². The predicted molar refractivity (Wildman–Crippen MR) is 108 cm³/mol. The van der Waals surface area contributed by atoms with Crippen molar-refractivity contribution in [3.05, 3.63) is 60.7 Å². The van der Waals surface area contributed by atoms with Crippen LogP contribution < -0.4 is 5.32 Å². The number of ether oxygens (including phenoxy) is 1. The standard InChI is InChI=1S/C22H25N3O/c1-17(25-11-13-26-14-12-25)16-23-22-15-20(18-7-3-2-4-8-18)19-9-5-6-10-21(19)24-22/h2-10,15,17H,11-14,16H2,1H3,(H,23,24)/t17-/m0/s1. The summed E-state index contributed by atoms with van der Waals surface area (Å²) in [6.45, 7) is 6.80. The third-order valence-corrected chi connectivity index (χ3v) is 5.05. The zero-order valence-corrected chi connectivity index (χ0v) is 15.2. The first-order valence-electron chi connectivity index (χ1n) is 9.32. The molecule has 1 aliphatic heterocycles. The summed E-state index contributed by atoms with van der Waals surface area (Å²) in [6, 6.07) is 21.5. The second kappa shape index (κ2) is 7.85. The van der Waals surface area contributed by atoms with Crippen LogP contribution in [0.1, 0.15) is 6.92 Å². The van der Waals surface area contributed by atoms with Crippen molar-refractivity contribution in [2.45, 2.75) is 13.0 Å². The molecule has 4 rings (SSSR count). The molecule has 2 aromatic carbocycles. The van der Waals surface area contributed by atoms with Gasteiger partial charge in [0.1, 0.15) is 5.82 Å². The van der Waals surface area contributed by atoms with Gasteiger partial charge in [-0.15, -0.1) is 0 Å². The average Bonchev–Trinajstić information content (AvgIpc) is 2.72. The Morgan fingerprint density at radius 1 is 1.04 bits per heavy atom. The summed E-state index contributed by atoms with van der Waals surface area (Å²) in [6.07, 6.45) is 0. The highest BCUT2D eigenvalue weighted by Gasteiger charge is 2.17. The van der Waals surface area contributed by atoms with Crippen LogP contribution in [0, 0.1) is 0 Å². The van der Waals surface area contributed by atoms with Gasteiger partial charge in [0.05, 0.1) is 18.7 Å². The maximum absolute atomic E-state index is 5.45. The fraction of sp³-hybridized carbons (Fsp3) is 0.318. The maximum Gasteiger partial charge on any atom is 0.127 e. The number of pyridine rings is 1. The van der Waals surface area contributed by atoms with Gasteiger partial charge in [-0.1, -0.05) is 48.5 Å². The van der Waals surface area contributed by atoms with Gasteiger partial charge in [0.2, 0.25) is 0 Å². The summed E-state index contributed by atoms with van der Waals surface area (Å²) in [7, 11) is 0. The summed E-state index contributed by atoms with van der Waals surface area (Å²) in [5, 5.41) is 4.74. The highest BCUT2D eigenvalue weighted by atomic mass is 16.5. The highest BCUT2D eigenvalue weighted by molar-refractivity contribution is 5.96. The predicted octanol–water partition coefficient (Wildman–Crippen LogP) is 4.03. The van der Waals surface area contributed by atoms with E-state index in [1.165, 1.54) is 16.5 Å². The van der Waals surface area contributed by atoms with Gasteiger partial charge in [0.25, 0.3) is 0 Å². The van der Waals surface area contributed by atoms with E-state index in [4.69, 9.17) is 9.72 Å². The monoisotopic (exact) mass is 347 g/mol. The molecule has 0 unspecified atom stereocenters. The third-order valence-electron chi connectivity index (χ3n) is 5.05. The fourth-order valence-corrected chi connectivity index (χ4v) is 3.52. The minimum atomic E-state index is 0.451. The number of benzene rings is 2. The number of fused-ring (bicyclic) bond motifs is 1. The topological polar surface area (TPSA) is 37.4 Å². The van der Waals surface area contributed by atoms with E-state index in [9.17, 15) is 0 Å². The lowest BCUT2D eigenvalue weighted by Crippen LogP contribution is -2.45. The summed E-state index contributed by atoms with van der Waals surface area (Å²) in [4.78, 5) is 7.29. The van der Waals surface area contributed by atoms with E-state index in [-0.39, 0.29) is 0 Å². The zero-order valence-electron chi connectivity index (χ0n) is 15.2. The average molecular weight is 347 g/mol. The van der Waals surface area contributed by atoms with Crippen LogP contribution in [-0.2, 0) is 4.74 Å². The molecule has 0 saturated carbocycles. The van der Waals surface area contributed by atoms with Gasteiger partial charge >= 0.3 is 0 Å². The van der Waals surface area contributed by atoms with E-state index in [2.05, 4.69) is 71.7 Å². The number of para-hydroxylation sites is 1. The molecule has 1 fully saturated rings. The Hall–Kier alpha value is -2.43. The van der Waals surface area contributed by atoms with Gasteiger partial charge in [-0.2, -0.15) is 0 Å². The SMILES string of the molecule is C[C@@H](CNc1cc(-c2ccccc2)c2ccccc2n1)N1CCOCC1. The minimum absolute atomic E-state index is 0.451. The molecular weight excluding hydrogens is 322 g/mol. The summed E-state index contributed by atoms with van der Waals surface area (Å²) in [5.74, 6) is 0.933. The largest absolute Gasteiger partial charge is 0.379 e. The number of hydrogen-bond acceptors (Lipinski definition) is 4. The second-order valence-corrected chi connectivity index (χ2v) is 6.82. The molecule has 1 atom stereocenters. The van der Waals surface area contributed by atoms with Crippen LogP contribution in [0.15, 0.2) is 60.7 Å². The van der Waals surface area contributed by atoms with Crippen molar-refractivity contribution in [2.75, 3.05) is 38.2 Å². The fourth-order valence-electron chi connectivity index (χ4n) is 3.52. The Labute approximate surface area is 154 Å². The molecule has 2 heterocycles. The molecule has 3 aromatic rings. The quantitative estimate of drug-likeness (QED) is 0.756. The van der Waals surface area contributed by atoms with Gasteiger partial charge in [-0.3, -0.25) is 4.90 Å². The van der Waals surface area contributed by atoms with E-state index < -0.39 is 0 Å². The number of anilines is 1. The van der Waals surface area contributed by atoms with Crippen molar-refractivity contribution in [2.24, 2.45) is 0 Å². The smallest absolute Gasteiger partial charge is 0.127 e. The number of nitrogens with one attached hydrogen (secondary N) is 1. The second-order valence-electron chi connectivity index (χ2n) is 6.82. The van der Waals surface area contributed by atoms with Crippen molar-refractivity contribution < 1.29 is 4.74 Å². The molecule has 0 aliphatic carbocycles. The Bertz CT molecular complexity index is 860. The lowest BCUT2D eigenvalue weighted by Gasteiger charge is -2.32. The van der Waals surface area contributed by atoms with E-state index in [0.29, 0.717) is 6.04 Å². The Morgan fingerprint density at radius 3 is 2.58 bits per heavy atom. The van der Waals surface area contributed by atoms with E-state index in [0.717, 1.165) is 44.2 Å². The molecule has 4 heteroatoms. The number of rotatable bonds is 5. The lowest BCUT2D eigenvalue weighted by atomic mass is 10.0. The van der Waals surface area contributed by atoms with Crippen LogP contribution >= 0.6 is 0 Å². The third kappa shape index (κ3) is 3.71. The van der Waals surface area contributed by atoms with Crippen LogP contribution in [0.5, 0.6) is 0 Å². The number of hydrogen-bond donors (Lipinski definition) is 1. The first-order valence-corrected chi connectivity index (χ1v) is 9.32. The van der Waals surface area contributed by atoms with Crippen molar-refractivity contribution >= 4 is 16.7 Å². The van der Waals surface area contributed by atoms with Crippen LogP contribution in [0.25, 0.3) is 22.0 Å². The first-order chi connectivity index (χ1) is 12.8. The van der Waals surface area contributed by atoms with Gasteiger partial charge < -0.3 is 10.1 Å². The number of morpholine rings is 1. The van der Waals surface area contributed by atoms with Gasteiger partial charge in [-0.25, -0.2) is 4.98 Å². The molecule has 1 aliphatic rings. The number of nitrogens with zero attached hydrogens (tertiary/aromatic N) is 2.